The second kappa shape index (κ2) is 46.2. The van der Waals surface area contributed by atoms with E-state index in [4.69, 9.17) is 18.5 Å². The molecule has 15 nitrogen and oxygen atoms in total. The van der Waals surface area contributed by atoms with Gasteiger partial charge in [0.05, 0.1) is 25.3 Å². The number of carbonyl (C=O) groups is 4. The molecule has 2 saturated heterocycles. The zero-order valence-corrected chi connectivity index (χ0v) is 47.9. The van der Waals surface area contributed by atoms with Gasteiger partial charge < -0.3 is 40.4 Å². The van der Waals surface area contributed by atoms with E-state index in [9.17, 15) is 33.7 Å². The lowest BCUT2D eigenvalue weighted by Crippen LogP contribution is -2.36. The van der Waals surface area contributed by atoms with Crippen LogP contribution in [0.3, 0.4) is 0 Å². The number of aliphatic imine (C=N–C) groups is 1. The average Bonchev–Trinajstić information content (AvgIpc) is 3.94. The average molecular weight is 1080 g/mol. The van der Waals surface area contributed by atoms with Gasteiger partial charge in [-0.3, -0.25) is 23.4 Å². The number of phosphoric ester groups is 1. The van der Waals surface area contributed by atoms with Crippen LogP contribution in [0.15, 0.2) is 29.3 Å². The number of phosphoric acid groups is 1. The van der Waals surface area contributed by atoms with Gasteiger partial charge in [-0.25, -0.2) is 9.36 Å². The number of amides is 3. The van der Waals surface area contributed by atoms with E-state index in [0.29, 0.717) is 43.9 Å². The Morgan fingerprint density at radius 3 is 1.78 bits per heavy atom. The third-order valence-electron chi connectivity index (χ3n) is 13.5. The largest absolute Gasteiger partial charge is 0.862 e. The van der Waals surface area contributed by atoms with Gasteiger partial charge >= 0.3 is 25.8 Å². The monoisotopic (exact) mass is 1080 g/mol. The molecule has 2 rings (SSSR count). The molecule has 17 heteroatoms. The summed E-state index contributed by atoms with van der Waals surface area (Å²) < 4.78 is 34.1. The van der Waals surface area contributed by atoms with Crippen molar-refractivity contribution in [3.63, 3.8) is 0 Å². The number of rotatable bonds is 51. The molecule has 0 aliphatic carbocycles. The van der Waals surface area contributed by atoms with Crippen molar-refractivity contribution in [3.8, 4) is 0 Å². The Morgan fingerprint density at radius 1 is 0.676 bits per heavy atom. The van der Waals surface area contributed by atoms with E-state index in [1.807, 2.05) is 11.8 Å². The zero-order valence-electron chi connectivity index (χ0n) is 46.1. The van der Waals surface area contributed by atoms with Gasteiger partial charge in [0.15, 0.2) is 6.10 Å². The topological polar surface area (TPSA) is 214 Å². The summed E-state index contributed by atoms with van der Waals surface area (Å²) in [5.41, 5.74) is 0. The fraction of sp³-hybridized carbons (Fsp3) is 0.842. The predicted octanol–water partition coefficient (Wildman–Crippen LogP) is 12.8. The van der Waals surface area contributed by atoms with Crippen molar-refractivity contribution in [2.24, 2.45) is 4.99 Å². The van der Waals surface area contributed by atoms with Gasteiger partial charge in [0, 0.05) is 43.4 Å². The number of nitrogens with zero attached hydrogens (tertiary/aromatic N) is 1. The van der Waals surface area contributed by atoms with Crippen LogP contribution in [0.25, 0.3) is 0 Å². The molecule has 2 aliphatic heterocycles. The van der Waals surface area contributed by atoms with Crippen molar-refractivity contribution in [3.05, 3.63) is 24.3 Å². The summed E-state index contributed by atoms with van der Waals surface area (Å²) >= 11 is 1.87. The summed E-state index contributed by atoms with van der Waals surface area (Å²) in [6.07, 6.45) is 43.6. The third kappa shape index (κ3) is 38.6. The highest BCUT2D eigenvalue weighted by molar-refractivity contribution is 8.00. The van der Waals surface area contributed by atoms with Gasteiger partial charge in [-0.05, 0) is 102 Å². The molecule has 428 valence electrons. The van der Waals surface area contributed by atoms with Crippen molar-refractivity contribution in [1.82, 2.24) is 16.0 Å². The summed E-state index contributed by atoms with van der Waals surface area (Å²) in [7, 11) is -4.61. The molecule has 2 heterocycles. The summed E-state index contributed by atoms with van der Waals surface area (Å²) in [5.74, 6) is -0.353. The van der Waals surface area contributed by atoms with Crippen molar-refractivity contribution >= 4 is 49.4 Å². The Balaban J connectivity index is 1.62. The third-order valence-corrected chi connectivity index (χ3v) is 16.0. The summed E-state index contributed by atoms with van der Waals surface area (Å²) in [4.78, 5) is 64.0. The molecule has 2 aliphatic rings. The minimum absolute atomic E-state index is 0.0227. The molecule has 0 aromatic heterocycles. The number of hydrogen-bond donors (Lipinski definition) is 4. The first-order chi connectivity index (χ1) is 36.0. The van der Waals surface area contributed by atoms with Crippen LogP contribution in [-0.2, 0) is 37.5 Å². The number of allylic oxidation sites excluding steroid dienone is 4. The molecule has 74 heavy (non-hydrogen) atoms. The molecule has 0 bridgehead atoms. The fourth-order valence-electron chi connectivity index (χ4n) is 9.08. The molecule has 1 unspecified atom stereocenters. The van der Waals surface area contributed by atoms with E-state index < -0.39 is 32.5 Å². The molecule has 4 N–H and O–H groups in total. The number of thioether (sulfide) groups is 1. The number of nitrogens with one attached hydrogen (secondary N) is 3. The lowest BCUT2D eigenvalue weighted by molar-refractivity contribution is -0.219. The summed E-state index contributed by atoms with van der Waals surface area (Å²) in [6, 6.07) is 0.284. The molecular formula is C57H102N4O11PS-. The Labute approximate surface area is 452 Å². The lowest BCUT2D eigenvalue weighted by atomic mass is 10.0. The number of fused-ring (bicyclic) bond motifs is 1. The van der Waals surface area contributed by atoms with Crippen LogP contribution in [0, 0.1) is 0 Å². The normalized spacial score (nSPS) is 17.9. The minimum Gasteiger partial charge on any atom is -0.862 e. The number of ether oxygens (including phenoxy) is 2. The van der Waals surface area contributed by atoms with Gasteiger partial charge in [0.1, 0.15) is 6.61 Å². The van der Waals surface area contributed by atoms with Crippen LogP contribution in [0.5, 0.6) is 0 Å². The number of carbonyl (C=O) groups excluding carboxylic acids is 4. The molecule has 0 aromatic rings. The van der Waals surface area contributed by atoms with E-state index in [1.54, 1.807) is 0 Å². The van der Waals surface area contributed by atoms with E-state index in [-0.39, 0.29) is 68.9 Å². The first-order valence-electron chi connectivity index (χ1n) is 29.5. The molecule has 5 atom stereocenters. The summed E-state index contributed by atoms with van der Waals surface area (Å²) in [5, 5.41) is 21.2. The second-order valence-corrected chi connectivity index (χ2v) is 23.1. The first-order valence-corrected chi connectivity index (χ1v) is 32.0. The maximum absolute atomic E-state index is 12.9. The fourth-order valence-corrected chi connectivity index (χ4v) is 11.4. The highest BCUT2D eigenvalue weighted by atomic mass is 32.2. The quantitative estimate of drug-likeness (QED) is 0.00852. The Hall–Kier alpha value is -2.91. The zero-order chi connectivity index (χ0) is 53.6. The highest BCUT2D eigenvalue weighted by Gasteiger charge is 2.42. The molecule has 2 fully saturated rings. The van der Waals surface area contributed by atoms with E-state index >= 15 is 0 Å². The molecule has 0 aromatic carbocycles. The van der Waals surface area contributed by atoms with Crippen LogP contribution >= 0.6 is 19.6 Å². The van der Waals surface area contributed by atoms with Gasteiger partial charge in [-0.15, -0.1) is 0 Å². The second-order valence-electron chi connectivity index (χ2n) is 20.4. The van der Waals surface area contributed by atoms with E-state index in [1.165, 1.54) is 77.0 Å². The Morgan fingerprint density at radius 2 is 1.19 bits per heavy atom. The van der Waals surface area contributed by atoms with Gasteiger partial charge in [-0.1, -0.05) is 154 Å². The number of esters is 2. The Bertz CT molecular complexity index is 1600. The van der Waals surface area contributed by atoms with E-state index in [0.717, 1.165) is 108 Å². The maximum atomic E-state index is 12.9. The van der Waals surface area contributed by atoms with E-state index in [2.05, 4.69) is 59.1 Å². The van der Waals surface area contributed by atoms with Gasteiger partial charge in [-0.2, -0.15) is 11.8 Å². The highest BCUT2D eigenvalue weighted by Crippen LogP contribution is 2.43. The van der Waals surface area contributed by atoms with Crippen LogP contribution < -0.4 is 21.1 Å². The standard InChI is InChI=1S/C57H103N4O11PS/c1-3-5-7-9-11-13-15-17-19-21-23-25-27-29-33-41-54(64)69-46-49(72-55(65)42-34-30-28-26-24-22-20-18-16-14-12-10-8-6-4-2)47-71-73(67,68)70-45-44-59-53(63)39-32-31-37-43-58-52(62)40-36-35-38-51-56-50(48-74-51)60-57(66)61-56/h17-20,49-51,56H,3-16,21-48H2,1-2H3,(H,58,62)(H,59,63)(H,67,68)(H2,60,61,66)/p-1/b19-17-,20-18-/t49-,50+,51+,56+/m1/s1. The number of hydrogen-bond acceptors (Lipinski definition) is 12. The van der Waals surface area contributed by atoms with Crippen molar-refractivity contribution in [2.45, 2.75) is 268 Å². The molecule has 3 amide bonds. The van der Waals surface area contributed by atoms with Crippen molar-refractivity contribution in [2.75, 3.05) is 38.7 Å². The Kier molecular flexibility index (Phi) is 42.0. The predicted molar refractivity (Wildman–Crippen MR) is 299 cm³/mol. The number of urea groups is 1. The van der Waals surface area contributed by atoms with Crippen LogP contribution in [0.1, 0.15) is 245 Å². The molecular weight excluding hydrogens is 980 g/mol. The van der Waals surface area contributed by atoms with Crippen LogP contribution in [-0.4, -0.2) is 96.8 Å². The van der Waals surface area contributed by atoms with Gasteiger partial charge in [0.2, 0.25) is 5.91 Å². The lowest BCUT2D eigenvalue weighted by Gasteiger charge is -2.20. The van der Waals surface area contributed by atoms with Crippen molar-refractivity contribution in [1.29, 1.82) is 0 Å². The van der Waals surface area contributed by atoms with Crippen molar-refractivity contribution < 1.29 is 52.3 Å². The van der Waals surface area contributed by atoms with Crippen LogP contribution in [0.2, 0.25) is 0 Å². The molecule has 0 saturated carbocycles. The summed E-state index contributed by atoms with van der Waals surface area (Å²) in [6.45, 7) is 3.75. The minimum atomic E-state index is -4.61. The maximum Gasteiger partial charge on any atom is 0.472 e. The SMILES string of the molecule is CCCCCCCC/C=C\CCCCCCCC(=O)OC[C@H](COP(=O)(O)OCCNC(=O)CCCCCN=C([O-])CCCC[C@@H]1SC[C@@H]2NC(=O)N[C@@H]21)OC(=O)CCCCCCC/C=C\CCCCCCCC. The van der Waals surface area contributed by atoms with Gasteiger partial charge in [0.25, 0.3) is 0 Å². The molecule has 0 spiro atoms. The van der Waals surface area contributed by atoms with Crippen LogP contribution in [0.4, 0.5) is 4.79 Å². The smallest absolute Gasteiger partial charge is 0.472 e. The number of unbranched alkanes of at least 4 members (excludes halogenated alkanes) is 25. The molecule has 0 radical (unpaired) electrons. The first kappa shape index (κ1) is 67.2.